The van der Waals surface area contributed by atoms with E-state index in [0.29, 0.717) is 11.5 Å². The summed E-state index contributed by atoms with van der Waals surface area (Å²) in [5.74, 6) is 0.0672. The number of carboxylic acids is 1. The maximum absolute atomic E-state index is 10.9. The molecule has 0 atom stereocenters. The summed E-state index contributed by atoms with van der Waals surface area (Å²) in [5, 5.41) is 8.91. The molecule has 2 aromatic rings. The molecule has 0 spiro atoms. The summed E-state index contributed by atoms with van der Waals surface area (Å²) in [6, 6.07) is 9.32. The minimum atomic E-state index is -0.959. The molecule has 1 heterocycles. The lowest BCUT2D eigenvalue weighted by Gasteiger charge is -1.96. The molecule has 1 aromatic heterocycles. The second-order valence-electron chi connectivity index (χ2n) is 3.75. The predicted molar refractivity (Wildman–Crippen MR) is 60.6 cm³/mol. The fraction of sp³-hybridized carbons (Fsp3) is 0.154. The second-order valence-corrected chi connectivity index (χ2v) is 3.75. The average Bonchev–Trinajstić information content (AvgIpc) is 2.61. The number of aromatic carboxylic acids is 1. The number of hydrogen-bond donors (Lipinski definition) is 1. The van der Waals surface area contributed by atoms with Gasteiger partial charge in [0.15, 0.2) is 0 Å². The van der Waals surface area contributed by atoms with Gasteiger partial charge in [0.25, 0.3) is 0 Å². The summed E-state index contributed by atoms with van der Waals surface area (Å²) in [5.41, 5.74) is 2.27. The molecule has 2 rings (SSSR count). The van der Waals surface area contributed by atoms with Crippen molar-refractivity contribution in [1.82, 2.24) is 0 Å². The van der Waals surface area contributed by atoms with Crippen LogP contribution in [0.5, 0.6) is 0 Å². The highest BCUT2D eigenvalue weighted by molar-refractivity contribution is 5.90. The summed E-state index contributed by atoms with van der Waals surface area (Å²) in [7, 11) is 0. The van der Waals surface area contributed by atoms with Crippen LogP contribution in [0.1, 0.15) is 21.7 Å². The van der Waals surface area contributed by atoms with E-state index in [9.17, 15) is 4.79 Å². The van der Waals surface area contributed by atoms with Crippen molar-refractivity contribution in [3.05, 3.63) is 47.2 Å². The largest absolute Gasteiger partial charge is 0.478 e. The van der Waals surface area contributed by atoms with E-state index in [1.165, 1.54) is 0 Å². The van der Waals surface area contributed by atoms with Gasteiger partial charge in [-0.05, 0) is 19.9 Å². The molecule has 3 nitrogen and oxygen atoms in total. The van der Waals surface area contributed by atoms with Crippen molar-refractivity contribution in [2.45, 2.75) is 13.8 Å². The first-order valence-electron chi connectivity index (χ1n) is 4.98. The first kappa shape index (κ1) is 10.5. The number of carboxylic acid groups (broad SMARTS) is 1. The van der Waals surface area contributed by atoms with Gasteiger partial charge >= 0.3 is 5.97 Å². The van der Waals surface area contributed by atoms with E-state index in [1.807, 2.05) is 31.2 Å². The van der Waals surface area contributed by atoms with Gasteiger partial charge in [-0.1, -0.05) is 29.8 Å². The van der Waals surface area contributed by atoms with Gasteiger partial charge in [0.2, 0.25) is 0 Å². The van der Waals surface area contributed by atoms with Gasteiger partial charge in [0.05, 0.1) is 0 Å². The van der Waals surface area contributed by atoms with Crippen LogP contribution in [0.3, 0.4) is 0 Å². The Morgan fingerprint density at radius 2 is 1.81 bits per heavy atom. The summed E-state index contributed by atoms with van der Waals surface area (Å²) < 4.78 is 5.42. The van der Waals surface area contributed by atoms with Gasteiger partial charge in [-0.2, -0.15) is 0 Å². The van der Waals surface area contributed by atoms with Gasteiger partial charge in [-0.3, -0.25) is 0 Å². The zero-order valence-electron chi connectivity index (χ0n) is 9.15. The van der Waals surface area contributed by atoms with Crippen LogP contribution in [0.25, 0.3) is 11.3 Å². The number of furan rings is 1. The number of rotatable bonds is 2. The van der Waals surface area contributed by atoms with E-state index >= 15 is 0 Å². The van der Waals surface area contributed by atoms with Crippen molar-refractivity contribution in [2.75, 3.05) is 0 Å². The molecule has 0 unspecified atom stereocenters. The zero-order chi connectivity index (χ0) is 11.7. The minimum Gasteiger partial charge on any atom is -0.478 e. The van der Waals surface area contributed by atoms with E-state index in [4.69, 9.17) is 9.52 Å². The van der Waals surface area contributed by atoms with E-state index in [1.54, 1.807) is 13.0 Å². The van der Waals surface area contributed by atoms with E-state index in [0.717, 1.165) is 11.1 Å². The molecule has 0 radical (unpaired) electrons. The van der Waals surface area contributed by atoms with E-state index in [2.05, 4.69) is 0 Å². The summed E-state index contributed by atoms with van der Waals surface area (Å²) >= 11 is 0. The molecule has 16 heavy (non-hydrogen) atoms. The maximum Gasteiger partial charge on any atom is 0.339 e. The smallest absolute Gasteiger partial charge is 0.339 e. The number of carbonyl (C=O) groups is 1. The molecular weight excluding hydrogens is 204 g/mol. The quantitative estimate of drug-likeness (QED) is 0.838. The van der Waals surface area contributed by atoms with Gasteiger partial charge in [-0.15, -0.1) is 0 Å². The molecule has 0 aliphatic carbocycles. The fourth-order valence-corrected chi connectivity index (χ4v) is 1.55. The van der Waals surface area contributed by atoms with Gasteiger partial charge in [0, 0.05) is 5.56 Å². The standard InChI is InChI=1S/C13H12O3/c1-8-3-5-10(6-4-8)12-7-11(13(14)15)9(2)16-12/h3-7H,1-2H3,(H,14,15). The number of aryl methyl sites for hydroxylation is 2. The molecule has 82 valence electrons. The Bertz CT molecular complexity index is 521. The third-order valence-corrected chi connectivity index (χ3v) is 2.48. The normalized spacial score (nSPS) is 10.4. The monoisotopic (exact) mass is 216 g/mol. The maximum atomic E-state index is 10.9. The van der Waals surface area contributed by atoms with Crippen LogP contribution in [0.2, 0.25) is 0 Å². The molecule has 0 aliphatic rings. The van der Waals surface area contributed by atoms with Crippen LogP contribution in [-0.4, -0.2) is 11.1 Å². The molecule has 0 fully saturated rings. The highest BCUT2D eigenvalue weighted by Crippen LogP contribution is 2.25. The molecule has 3 heteroatoms. The first-order valence-corrected chi connectivity index (χ1v) is 4.98. The van der Waals surface area contributed by atoms with Crippen molar-refractivity contribution in [1.29, 1.82) is 0 Å². The molecule has 0 amide bonds. The van der Waals surface area contributed by atoms with Crippen molar-refractivity contribution in [2.24, 2.45) is 0 Å². The molecule has 1 N–H and O–H groups in total. The van der Waals surface area contributed by atoms with Crippen LogP contribution in [0, 0.1) is 13.8 Å². The third kappa shape index (κ3) is 1.84. The van der Waals surface area contributed by atoms with Crippen molar-refractivity contribution in [3.8, 4) is 11.3 Å². The van der Waals surface area contributed by atoms with Crippen molar-refractivity contribution >= 4 is 5.97 Å². The van der Waals surface area contributed by atoms with Crippen molar-refractivity contribution < 1.29 is 14.3 Å². The molecule has 0 saturated carbocycles. The lowest BCUT2D eigenvalue weighted by molar-refractivity contribution is 0.0695. The SMILES string of the molecule is Cc1ccc(-c2cc(C(=O)O)c(C)o2)cc1. The van der Waals surface area contributed by atoms with Gasteiger partial charge < -0.3 is 9.52 Å². The minimum absolute atomic E-state index is 0.218. The lowest BCUT2D eigenvalue weighted by Crippen LogP contribution is -1.94. The van der Waals surface area contributed by atoms with Crippen LogP contribution < -0.4 is 0 Å². The third-order valence-electron chi connectivity index (χ3n) is 2.48. The molecule has 0 bridgehead atoms. The Morgan fingerprint density at radius 1 is 1.19 bits per heavy atom. The Balaban J connectivity index is 2.45. The Labute approximate surface area is 93.3 Å². The average molecular weight is 216 g/mol. The summed E-state index contributed by atoms with van der Waals surface area (Å²) in [6.07, 6.45) is 0. The number of hydrogen-bond acceptors (Lipinski definition) is 2. The van der Waals surface area contributed by atoms with Crippen LogP contribution in [0.15, 0.2) is 34.7 Å². The Morgan fingerprint density at radius 3 is 2.31 bits per heavy atom. The van der Waals surface area contributed by atoms with Crippen LogP contribution in [-0.2, 0) is 0 Å². The Kier molecular flexibility index (Phi) is 2.52. The highest BCUT2D eigenvalue weighted by atomic mass is 16.4. The van der Waals surface area contributed by atoms with E-state index < -0.39 is 5.97 Å². The molecular formula is C13H12O3. The predicted octanol–water partition coefficient (Wildman–Crippen LogP) is 3.26. The number of benzene rings is 1. The fourth-order valence-electron chi connectivity index (χ4n) is 1.55. The van der Waals surface area contributed by atoms with E-state index in [-0.39, 0.29) is 5.56 Å². The summed E-state index contributed by atoms with van der Waals surface area (Å²) in [4.78, 5) is 10.9. The Hall–Kier alpha value is -2.03. The van der Waals surface area contributed by atoms with Gasteiger partial charge in [0.1, 0.15) is 17.1 Å². The topological polar surface area (TPSA) is 50.4 Å². The molecule has 0 saturated heterocycles. The molecule has 0 aliphatic heterocycles. The molecule has 1 aromatic carbocycles. The van der Waals surface area contributed by atoms with Crippen LogP contribution >= 0.6 is 0 Å². The van der Waals surface area contributed by atoms with Crippen molar-refractivity contribution in [3.63, 3.8) is 0 Å². The van der Waals surface area contributed by atoms with Crippen LogP contribution in [0.4, 0.5) is 0 Å². The summed E-state index contributed by atoms with van der Waals surface area (Å²) in [6.45, 7) is 3.65. The first-order chi connectivity index (χ1) is 7.58. The second kappa shape index (κ2) is 3.85. The van der Waals surface area contributed by atoms with Gasteiger partial charge in [-0.25, -0.2) is 4.79 Å². The highest BCUT2D eigenvalue weighted by Gasteiger charge is 2.14. The zero-order valence-corrected chi connectivity index (χ0v) is 9.15. The lowest BCUT2D eigenvalue weighted by atomic mass is 10.1.